The van der Waals surface area contributed by atoms with E-state index in [1.165, 1.54) is 12.1 Å². The van der Waals surface area contributed by atoms with Gasteiger partial charge in [-0.3, -0.25) is 4.52 Å². The van der Waals surface area contributed by atoms with Crippen LogP contribution < -0.4 is 0 Å². The molecule has 4 rings (SSSR count). The predicted octanol–water partition coefficient (Wildman–Crippen LogP) is 3.56. The monoisotopic (exact) mass is 601 g/mol. The third kappa shape index (κ3) is 6.31. The van der Waals surface area contributed by atoms with Crippen molar-refractivity contribution in [1.29, 1.82) is 0 Å². The fourth-order valence-corrected chi connectivity index (χ4v) is 5.82. The van der Waals surface area contributed by atoms with Crippen molar-refractivity contribution < 1.29 is 47.0 Å². The molecule has 0 spiro atoms. The highest BCUT2D eigenvalue weighted by Gasteiger charge is 2.50. The number of phosphoric ester groups is 1. The van der Waals surface area contributed by atoms with Crippen molar-refractivity contribution >= 4 is 42.8 Å². The lowest BCUT2D eigenvalue weighted by Gasteiger charge is -2.43. The van der Waals surface area contributed by atoms with E-state index in [1.807, 2.05) is 0 Å². The Morgan fingerprint density at radius 1 is 1.14 bits per heavy atom. The summed E-state index contributed by atoms with van der Waals surface area (Å²) in [7, 11) is -5.19. The van der Waals surface area contributed by atoms with E-state index >= 15 is 0 Å². The highest BCUT2D eigenvalue weighted by atomic mass is 35.5. The molecule has 0 amide bonds. The first-order valence-corrected chi connectivity index (χ1v) is 13.4. The number of halogens is 5. The normalized spacial score (nSPS) is 24.4. The summed E-state index contributed by atoms with van der Waals surface area (Å²) in [5, 5.41) is 28.7. The van der Waals surface area contributed by atoms with Gasteiger partial charge in [0, 0.05) is 10.5 Å². The van der Waals surface area contributed by atoms with Crippen LogP contribution in [0.2, 0.25) is 10.0 Å². The molecule has 2 unspecified atom stereocenters. The first kappa shape index (κ1) is 28.3. The summed E-state index contributed by atoms with van der Waals surface area (Å²) in [5.41, 5.74) is -1.60. The zero-order valence-corrected chi connectivity index (χ0v) is 21.4. The van der Waals surface area contributed by atoms with Gasteiger partial charge in [0.2, 0.25) is 0 Å². The van der Waals surface area contributed by atoms with Crippen LogP contribution in [0.1, 0.15) is 6.04 Å². The number of benzene rings is 2. The molecule has 0 aliphatic carbocycles. The molecule has 3 aromatic rings. The number of aliphatic hydroxyl groups is 2. The smallest absolute Gasteiger partial charge is 0.394 e. The maximum Gasteiger partial charge on any atom is 0.470 e. The molecular formula is C20H17Cl2F3N3O7PS. The van der Waals surface area contributed by atoms with E-state index in [0.717, 1.165) is 22.6 Å². The maximum atomic E-state index is 13.7. The molecule has 1 aliphatic heterocycles. The molecule has 2 aromatic carbocycles. The Labute approximate surface area is 221 Å². The minimum absolute atomic E-state index is 0.152. The van der Waals surface area contributed by atoms with Crippen LogP contribution in [-0.2, 0) is 13.8 Å². The number of hydrogen-bond acceptors (Lipinski definition) is 8. The van der Waals surface area contributed by atoms with E-state index in [1.54, 1.807) is 6.07 Å². The Kier molecular flexibility index (Phi) is 8.56. The molecule has 4 N–H and O–H groups in total. The number of nitrogens with zero attached hydrogens (tertiary/aromatic N) is 3. The van der Waals surface area contributed by atoms with E-state index in [-0.39, 0.29) is 21.3 Å². The minimum atomic E-state index is -5.19. The topological polar surface area (TPSA) is 147 Å². The van der Waals surface area contributed by atoms with Crippen molar-refractivity contribution in [2.45, 2.75) is 34.7 Å². The van der Waals surface area contributed by atoms with Gasteiger partial charge in [-0.1, -0.05) is 40.2 Å². The van der Waals surface area contributed by atoms with E-state index < -0.39 is 61.7 Å². The van der Waals surface area contributed by atoms with Gasteiger partial charge < -0.3 is 24.7 Å². The highest BCUT2D eigenvalue weighted by molar-refractivity contribution is 7.99. The largest absolute Gasteiger partial charge is 0.470 e. The number of aromatic nitrogens is 3. The van der Waals surface area contributed by atoms with Gasteiger partial charge in [-0.15, -0.1) is 5.10 Å². The lowest BCUT2D eigenvalue weighted by Crippen LogP contribution is -2.55. The molecule has 1 saturated heterocycles. The van der Waals surface area contributed by atoms with Gasteiger partial charge in [0.15, 0.2) is 17.5 Å². The average Bonchev–Trinajstić information content (AvgIpc) is 3.30. The third-order valence-electron chi connectivity index (χ3n) is 5.32. The zero-order chi connectivity index (χ0) is 27.1. The van der Waals surface area contributed by atoms with Crippen molar-refractivity contribution in [1.82, 2.24) is 15.0 Å². The van der Waals surface area contributed by atoms with Gasteiger partial charge in [0.1, 0.15) is 35.5 Å². The van der Waals surface area contributed by atoms with Crippen LogP contribution in [0.15, 0.2) is 41.4 Å². The van der Waals surface area contributed by atoms with E-state index in [4.69, 9.17) is 32.5 Å². The average molecular weight is 602 g/mol. The number of hydrogen-bond donors (Lipinski definition) is 4. The van der Waals surface area contributed by atoms with Gasteiger partial charge >= 0.3 is 7.82 Å². The van der Waals surface area contributed by atoms with Gasteiger partial charge in [-0.25, -0.2) is 22.4 Å². The molecule has 17 heteroatoms. The zero-order valence-electron chi connectivity index (χ0n) is 18.2. The second-order valence-electron chi connectivity index (χ2n) is 7.80. The second kappa shape index (κ2) is 11.2. The highest BCUT2D eigenvalue weighted by Crippen LogP contribution is 2.48. The molecule has 0 bridgehead atoms. The number of ether oxygens (including phenoxy) is 1. The Morgan fingerprint density at radius 3 is 2.41 bits per heavy atom. The fraction of sp³-hybridized carbons (Fsp3) is 0.300. The molecule has 2 heterocycles. The summed E-state index contributed by atoms with van der Waals surface area (Å²) < 4.78 is 64.3. The van der Waals surface area contributed by atoms with Crippen molar-refractivity contribution in [2.75, 3.05) is 6.61 Å². The van der Waals surface area contributed by atoms with Crippen LogP contribution in [0.5, 0.6) is 0 Å². The van der Waals surface area contributed by atoms with E-state index in [0.29, 0.717) is 17.0 Å². The van der Waals surface area contributed by atoms with Crippen LogP contribution >= 0.6 is 42.8 Å². The second-order valence-corrected chi connectivity index (χ2v) is 11.0. The van der Waals surface area contributed by atoms with Crippen LogP contribution in [-0.4, -0.2) is 65.3 Å². The van der Waals surface area contributed by atoms with Gasteiger partial charge in [-0.05, 0) is 30.3 Å². The van der Waals surface area contributed by atoms with Gasteiger partial charge in [-0.2, -0.15) is 0 Å². The molecule has 1 fully saturated rings. The predicted molar refractivity (Wildman–Crippen MR) is 125 cm³/mol. The van der Waals surface area contributed by atoms with Gasteiger partial charge in [0.25, 0.3) is 0 Å². The Bertz CT molecular complexity index is 1330. The third-order valence-corrected chi connectivity index (χ3v) is 7.72. The molecule has 10 nitrogen and oxygen atoms in total. The Hall–Kier alpha value is -1.71. The molecule has 0 saturated carbocycles. The van der Waals surface area contributed by atoms with Crippen LogP contribution in [0.4, 0.5) is 13.2 Å². The van der Waals surface area contributed by atoms with Crippen molar-refractivity contribution in [3.63, 3.8) is 0 Å². The molecule has 1 aliphatic rings. The van der Waals surface area contributed by atoms with E-state index in [2.05, 4.69) is 10.3 Å². The quantitative estimate of drug-likeness (QED) is 0.234. The summed E-state index contributed by atoms with van der Waals surface area (Å²) in [6, 6.07) is 4.43. The van der Waals surface area contributed by atoms with Crippen molar-refractivity contribution in [3.05, 3.63) is 64.0 Å². The summed E-state index contributed by atoms with van der Waals surface area (Å²) in [6.07, 6.45) is -3.40. The number of rotatable bonds is 7. The summed E-state index contributed by atoms with van der Waals surface area (Å²) in [6.45, 7) is -0.700. The Balaban J connectivity index is 1.74. The van der Waals surface area contributed by atoms with Crippen LogP contribution in [0.3, 0.4) is 0 Å². The number of thioether (sulfide) groups is 1. The number of aliphatic hydroxyl groups excluding tert-OH is 2. The molecule has 200 valence electrons. The summed E-state index contributed by atoms with van der Waals surface area (Å²) in [4.78, 5) is 19.6. The molecular weight excluding hydrogens is 585 g/mol. The SMILES string of the molecule is O=P(O)(O)O[C@H]1C(n2cc(-c3cc(F)c(F)c(F)c3)nn2)[C@@H](O)C(CO)O[C@@H]1Sc1ccc(Cl)c(Cl)c1. The summed E-state index contributed by atoms with van der Waals surface area (Å²) >= 11 is 12.9. The van der Waals surface area contributed by atoms with Gasteiger partial charge in [0.05, 0.1) is 22.8 Å². The lowest BCUT2D eigenvalue weighted by molar-refractivity contribution is -0.175. The first-order valence-electron chi connectivity index (χ1n) is 10.2. The summed E-state index contributed by atoms with van der Waals surface area (Å²) in [5.74, 6) is -4.63. The fourth-order valence-electron chi connectivity index (χ4n) is 3.67. The maximum absolute atomic E-state index is 13.7. The van der Waals surface area contributed by atoms with Crippen molar-refractivity contribution in [3.8, 4) is 11.3 Å². The standard InChI is InChI=1S/C20H17Cl2F3N3O7PS/c21-10-2-1-9(5-11(10)22)37-20-19(35-36(31,32)33)17(18(30)15(7-29)34-20)28-6-14(26-27-28)8-3-12(23)16(25)13(24)4-8/h1-6,15,17-20,29-30H,7H2,(H2,31,32,33)/t15?,17?,18-,19-,20+/m0/s1. The molecule has 37 heavy (non-hydrogen) atoms. The number of phosphoric acid groups is 1. The minimum Gasteiger partial charge on any atom is -0.394 e. The van der Waals surface area contributed by atoms with Crippen LogP contribution in [0, 0.1) is 17.5 Å². The van der Waals surface area contributed by atoms with Crippen molar-refractivity contribution in [2.24, 2.45) is 0 Å². The van der Waals surface area contributed by atoms with Crippen LogP contribution in [0.25, 0.3) is 11.3 Å². The Morgan fingerprint density at radius 2 is 1.81 bits per heavy atom. The van der Waals surface area contributed by atoms with E-state index in [9.17, 15) is 37.7 Å². The lowest BCUT2D eigenvalue weighted by atomic mass is 9.97. The molecule has 1 aromatic heterocycles. The molecule has 0 radical (unpaired) electrons. The molecule has 5 atom stereocenters. The first-order chi connectivity index (χ1) is 17.4.